The van der Waals surface area contributed by atoms with Crippen molar-refractivity contribution in [2.24, 2.45) is 0 Å². The summed E-state index contributed by atoms with van der Waals surface area (Å²) in [5.74, 6) is 2.76. The summed E-state index contributed by atoms with van der Waals surface area (Å²) in [6.45, 7) is 3.77. The average Bonchev–Trinajstić information content (AvgIpc) is 3.23. The number of nitrogens with one attached hydrogen (secondary N) is 1. The van der Waals surface area contributed by atoms with Crippen LogP contribution in [0.25, 0.3) is 0 Å². The number of benzene rings is 2. The average molecular weight is 365 g/mol. The highest BCUT2D eigenvalue weighted by Crippen LogP contribution is 2.29. The Morgan fingerprint density at radius 1 is 0.963 bits per heavy atom. The van der Waals surface area contributed by atoms with E-state index >= 15 is 0 Å². The van der Waals surface area contributed by atoms with Crippen LogP contribution in [0.15, 0.2) is 65.3 Å². The number of methoxy groups -OCH3 is 2. The van der Waals surface area contributed by atoms with Crippen LogP contribution in [0.1, 0.15) is 34.8 Å². The summed E-state index contributed by atoms with van der Waals surface area (Å²) in [7, 11) is 3.31. The fraction of sp³-hybridized carbons (Fsp3) is 0.304. The summed E-state index contributed by atoms with van der Waals surface area (Å²) in [4.78, 5) is 0. The Morgan fingerprint density at radius 3 is 2.41 bits per heavy atom. The molecule has 3 rings (SSSR count). The third-order valence-electron chi connectivity index (χ3n) is 4.75. The molecule has 3 aromatic rings. The lowest BCUT2D eigenvalue weighted by Gasteiger charge is -2.16. The summed E-state index contributed by atoms with van der Waals surface area (Å²) in [6, 6.07) is 18.7. The first-order chi connectivity index (χ1) is 13.2. The van der Waals surface area contributed by atoms with Gasteiger partial charge in [0.2, 0.25) is 0 Å². The van der Waals surface area contributed by atoms with Gasteiger partial charge in [-0.05, 0) is 55.3 Å². The normalized spacial score (nSPS) is 12.0. The van der Waals surface area contributed by atoms with Gasteiger partial charge in [0.1, 0.15) is 5.76 Å². The summed E-state index contributed by atoms with van der Waals surface area (Å²) >= 11 is 0. The lowest BCUT2D eigenvalue weighted by atomic mass is 9.92. The van der Waals surface area contributed by atoms with E-state index < -0.39 is 0 Å². The van der Waals surface area contributed by atoms with Crippen LogP contribution < -0.4 is 14.8 Å². The predicted molar refractivity (Wildman–Crippen MR) is 108 cm³/mol. The molecule has 27 heavy (non-hydrogen) atoms. The van der Waals surface area contributed by atoms with Crippen molar-refractivity contribution >= 4 is 0 Å². The minimum absolute atomic E-state index is 0.249. The second kappa shape index (κ2) is 9.28. The standard InChI is InChI=1S/C23H27NO3/c1-17-6-9-19(10-7-17)20(21-5-4-14-27-21)12-13-24-16-18-8-11-22(25-2)23(15-18)26-3/h4-11,14-15,20,24H,12-13,16H2,1-3H3. The van der Waals surface area contributed by atoms with Crippen LogP contribution in [-0.2, 0) is 6.54 Å². The largest absolute Gasteiger partial charge is 0.493 e. The van der Waals surface area contributed by atoms with Crippen LogP contribution in [-0.4, -0.2) is 20.8 Å². The van der Waals surface area contributed by atoms with Crippen LogP contribution in [0.2, 0.25) is 0 Å². The summed E-state index contributed by atoms with van der Waals surface area (Å²) in [5.41, 5.74) is 3.71. The number of ether oxygens (including phenoxy) is 2. The van der Waals surface area contributed by atoms with E-state index in [0.29, 0.717) is 0 Å². The number of furan rings is 1. The van der Waals surface area contributed by atoms with Crippen LogP contribution in [0.3, 0.4) is 0 Å². The van der Waals surface area contributed by atoms with Crippen molar-refractivity contribution in [2.75, 3.05) is 20.8 Å². The van der Waals surface area contributed by atoms with Gasteiger partial charge in [0.05, 0.1) is 20.5 Å². The van der Waals surface area contributed by atoms with Gasteiger partial charge in [-0.2, -0.15) is 0 Å². The van der Waals surface area contributed by atoms with Crippen molar-refractivity contribution in [1.29, 1.82) is 0 Å². The Labute approximate surface area is 161 Å². The topological polar surface area (TPSA) is 43.6 Å². The molecule has 0 aliphatic carbocycles. The highest BCUT2D eigenvalue weighted by molar-refractivity contribution is 5.42. The van der Waals surface area contributed by atoms with Crippen LogP contribution in [0.5, 0.6) is 11.5 Å². The van der Waals surface area contributed by atoms with E-state index in [1.54, 1.807) is 20.5 Å². The molecule has 0 saturated heterocycles. The van der Waals surface area contributed by atoms with Gasteiger partial charge in [0.15, 0.2) is 11.5 Å². The van der Waals surface area contributed by atoms with E-state index in [9.17, 15) is 0 Å². The Kier molecular flexibility index (Phi) is 6.55. The zero-order valence-corrected chi connectivity index (χ0v) is 16.2. The molecule has 0 aliphatic rings. The molecule has 4 heteroatoms. The molecule has 0 aliphatic heterocycles. The van der Waals surface area contributed by atoms with Crippen molar-refractivity contribution < 1.29 is 13.9 Å². The van der Waals surface area contributed by atoms with E-state index in [-0.39, 0.29) is 5.92 Å². The zero-order valence-electron chi connectivity index (χ0n) is 16.2. The molecule has 1 atom stereocenters. The number of hydrogen-bond acceptors (Lipinski definition) is 4. The SMILES string of the molecule is COc1ccc(CNCCC(c2ccc(C)cc2)c2ccco2)cc1OC. The molecule has 0 fully saturated rings. The molecule has 0 radical (unpaired) electrons. The maximum Gasteiger partial charge on any atom is 0.161 e. The molecule has 142 valence electrons. The van der Waals surface area contributed by atoms with Crippen LogP contribution in [0, 0.1) is 6.92 Å². The minimum atomic E-state index is 0.249. The first kappa shape index (κ1) is 19.1. The van der Waals surface area contributed by atoms with Crippen LogP contribution >= 0.6 is 0 Å². The van der Waals surface area contributed by atoms with Gasteiger partial charge in [-0.15, -0.1) is 0 Å². The maximum atomic E-state index is 5.69. The number of rotatable bonds is 9. The second-order valence-corrected chi connectivity index (χ2v) is 6.63. The third kappa shape index (κ3) is 4.92. The smallest absolute Gasteiger partial charge is 0.161 e. The molecule has 0 saturated carbocycles. The molecule has 0 spiro atoms. The number of hydrogen-bond donors (Lipinski definition) is 1. The molecule has 0 bridgehead atoms. The fourth-order valence-electron chi connectivity index (χ4n) is 3.23. The first-order valence-electron chi connectivity index (χ1n) is 9.23. The van der Waals surface area contributed by atoms with Gasteiger partial charge in [0.25, 0.3) is 0 Å². The Bertz CT molecular complexity index is 825. The molecule has 1 heterocycles. The van der Waals surface area contributed by atoms with Crippen molar-refractivity contribution in [2.45, 2.75) is 25.8 Å². The molecule has 0 amide bonds. The lowest BCUT2D eigenvalue weighted by Crippen LogP contribution is -2.17. The van der Waals surface area contributed by atoms with Gasteiger partial charge in [-0.1, -0.05) is 35.9 Å². The van der Waals surface area contributed by atoms with Gasteiger partial charge in [-0.25, -0.2) is 0 Å². The summed E-state index contributed by atoms with van der Waals surface area (Å²) < 4.78 is 16.4. The maximum absolute atomic E-state index is 5.69. The van der Waals surface area contributed by atoms with Crippen molar-refractivity contribution in [3.63, 3.8) is 0 Å². The summed E-state index contributed by atoms with van der Waals surface area (Å²) in [6.07, 6.45) is 2.71. The van der Waals surface area contributed by atoms with Crippen molar-refractivity contribution in [3.8, 4) is 11.5 Å². The monoisotopic (exact) mass is 365 g/mol. The molecule has 1 N–H and O–H groups in total. The molecule has 1 aromatic heterocycles. The Hall–Kier alpha value is -2.72. The Morgan fingerprint density at radius 2 is 1.74 bits per heavy atom. The van der Waals surface area contributed by atoms with Gasteiger partial charge < -0.3 is 19.2 Å². The second-order valence-electron chi connectivity index (χ2n) is 6.63. The van der Waals surface area contributed by atoms with Gasteiger partial charge in [-0.3, -0.25) is 0 Å². The highest BCUT2D eigenvalue weighted by Gasteiger charge is 2.16. The van der Waals surface area contributed by atoms with Crippen molar-refractivity contribution in [1.82, 2.24) is 5.32 Å². The lowest BCUT2D eigenvalue weighted by molar-refractivity contribution is 0.354. The van der Waals surface area contributed by atoms with Gasteiger partial charge in [0, 0.05) is 12.5 Å². The summed E-state index contributed by atoms with van der Waals surface area (Å²) in [5, 5.41) is 3.53. The van der Waals surface area contributed by atoms with Gasteiger partial charge >= 0.3 is 0 Å². The van der Waals surface area contributed by atoms with E-state index in [2.05, 4.69) is 48.6 Å². The van der Waals surface area contributed by atoms with E-state index in [1.807, 2.05) is 18.2 Å². The third-order valence-corrected chi connectivity index (χ3v) is 4.75. The highest BCUT2D eigenvalue weighted by atomic mass is 16.5. The quantitative estimate of drug-likeness (QED) is 0.547. The van der Waals surface area contributed by atoms with E-state index in [0.717, 1.165) is 42.3 Å². The fourth-order valence-corrected chi connectivity index (χ4v) is 3.23. The number of aryl methyl sites for hydroxylation is 1. The molecule has 4 nitrogen and oxygen atoms in total. The molecule has 2 aromatic carbocycles. The van der Waals surface area contributed by atoms with Crippen molar-refractivity contribution in [3.05, 3.63) is 83.3 Å². The van der Waals surface area contributed by atoms with E-state index in [4.69, 9.17) is 13.9 Å². The molecular formula is C23H27NO3. The van der Waals surface area contributed by atoms with E-state index in [1.165, 1.54) is 11.1 Å². The zero-order chi connectivity index (χ0) is 19.1. The first-order valence-corrected chi connectivity index (χ1v) is 9.23. The van der Waals surface area contributed by atoms with Crippen LogP contribution in [0.4, 0.5) is 0 Å². The Balaban J connectivity index is 1.61. The minimum Gasteiger partial charge on any atom is -0.493 e. The molecule has 1 unspecified atom stereocenters. The predicted octanol–water partition coefficient (Wildman–Crippen LogP) is 4.92. The molecular weight excluding hydrogens is 338 g/mol.